The van der Waals surface area contributed by atoms with Crippen LogP contribution in [0.5, 0.6) is 5.75 Å². The van der Waals surface area contributed by atoms with E-state index < -0.39 is 0 Å². The van der Waals surface area contributed by atoms with Crippen LogP contribution in [0, 0.1) is 0 Å². The van der Waals surface area contributed by atoms with Crippen molar-refractivity contribution < 1.29 is 4.74 Å². The van der Waals surface area contributed by atoms with Gasteiger partial charge in [0.1, 0.15) is 5.75 Å². The number of fused-ring (bicyclic) bond motifs is 1. The highest BCUT2D eigenvalue weighted by Gasteiger charge is 2.26. The first-order valence-electron chi connectivity index (χ1n) is 7.32. The van der Waals surface area contributed by atoms with Gasteiger partial charge in [-0.2, -0.15) is 0 Å². The summed E-state index contributed by atoms with van der Waals surface area (Å²) in [6.45, 7) is 3.22. The smallest absolute Gasteiger partial charge is 0.122 e. The summed E-state index contributed by atoms with van der Waals surface area (Å²) in [4.78, 5) is 0. The lowest BCUT2D eigenvalue weighted by Gasteiger charge is -2.30. The van der Waals surface area contributed by atoms with Crippen molar-refractivity contribution in [2.45, 2.75) is 25.8 Å². The van der Waals surface area contributed by atoms with Crippen molar-refractivity contribution in [1.29, 1.82) is 0 Å². The average Bonchev–Trinajstić information content (AvgIpc) is 2.54. The van der Waals surface area contributed by atoms with Crippen LogP contribution in [-0.2, 0) is 12.8 Å². The average molecular weight is 304 g/mol. The highest BCUT2D eigenvalue weighted by Crippen LogP contribution is 2.36. The topological polar surface area (TPSA) is 21.3 Å². The zero-order valence-corrected chi connectivity index (χ0v) is 13.4. The molecule has 21 heavy (non-hydrogen) atoms. The Hall–Kier alpha value is -1.51. The lowest BCUT2D eigenvalue weighted by molar-refractivity contribution is 0.403. The van der Waals surface area contributed by atoms with E-state index in [9.17, 15) is 0 Å². The zero-order valence-electron chi connectivity index (χ0n) is 12.6. The molecule has 3 rings (SSSR count). The Morgan fingerprint density at radius 3 is 2.57 bits per heavy atom. The normalized spacial score (nSPS) is 16.8. The second-order valence-electron chi connectivity index (χ2n) is 5.22. The molecule has 0 spiro atoms. The van der Waals surface area contributed by atoms with E-state index in [1.54, 1.807) is 7.11 Å². The van der Waals surface area contributed by atoms with E-state index in [1.165, 1.54) is 22.3 Å². The van der Waals surface area contributed by atoms with Gasteiger partial charge in [-0.05, 0) is 35.6 Å². The van der Waals surface area contributed by atoms with Crippen LogP contribution in [0.2, 0.25) is 0 Å². The van der Waals surface area contributed by atoms with Gasteiger partial charge in [0, 0.05) is 12.1 Å². The molecule has 1 atom stereocenters. The van der Waals surface area contributed by atoms with Crippen LogP contribution in [0.4, 0.5) is 0 Å². The number of methoxy groups -OCH3 is 1. The third kappa shape index (κ3) is 2.92. The highest BCUT2D eigenvalue weighted by atomic mass is 35.5. The van der Waals surface area contributed by atoms with Gasteiger partial charge in [-0.3, -0.25) is 0 Å². The van der Waals surface area contributed by atoms with Crippen LogP contribution in [-0.4, -0.2) is 13.7 Å². The van der Waals surface area contributed by atoms with Crippen molar-refractivity contribution in [2.75, 3.05) is 13.7 Å². The summed E-state index contributed by atoms with van der Waals surface area (Å²) in [6.07, 6.45) is 2.09. The van der Waals surface area contributed by atoms with Crippen LogP contribution >= 0.6 is 12.4 Å². The molecule has 0 saturated heterocycles. The maximum atomic E-state index is 5.57. The predicted molar refractivity (Wildman–Crippen MR) is 89.6 cm³/mol. The Labute approximate surface area is 132 Å². The molecular weight excluding hydrogens is 282 g/mol. The summed E-state index contributed by atoms with van der Waals surface area (Å²) in [6, 6.07) is 15.3. The van der Waals surface area contributed by atoms with Crippen molar-refractivity contribution >= 4 is 12.4 Å². The molecule has 0 radical (unpaired) electrons. The van der Waals surface area contributed by atoms with Crippen molar-refractivity contribution in [3.8, 4) is 5.75 Å². The molecule has 0 aromatic heterocycles. The number of halogens is 1. The molecule has 3 heteroatoms. The van der Waals surface area contributed by atoms with Gasteiger partial charge in [0.15, 0.2) is 0 Å². The molecule has 0 fully saturated rings. The molecular formula is C18H22ClNO. The first-order chi connectivity index (χ1) is 9.85. The summed E-state index contributed by atoms with van der Waals surface area (Å²) < 4.78 is 5.57. The summed E-state index contributed by atoms with van der Waals surface area (Å²) in [5.41, 5.74) is 5.54. The Kier molecular flexibility index (Phi) is 5.27. The van der Waals surface area contributed by atoms with Gasteiger partial charge in [-0.1, -0.05) is 43.3 Å². The van der Waals surface area contributed by atoms with Crippen molar-refractivity contribution in [2.24, 2.45) is 0 Å². The molecule has 1 aliphatic rings. The summed E-state index contributed by atoms with van der Waals surface area (Å²) in [7, 11) is 1.76. The molecule has 0 amide bonds. The van der Waals surface area contributed by atoms with E-state index >= 15 is 0 Å². The molecule has 0 saturated carbocycles. The van der Waals surface area contributed by atoms with Gasteiger partial charge in [-0.25, -0.2) is 0 Å². The minimum absolute atomic E-state index is 0. The number of rotatable bonds is 3. The fraction of sp³-hybridized carbons (Fsp3) is 0.333. The fourth-order valence-corrected chi connectivity index (χ4v) is 3.18. The third-order valence-corrected chi connectivity index (χ3v) is 4.15. The van der Waals surface area contributed by atoms with E-state index in [-0.39, 0.29) is 18.4 Å². The molecule has 0 bridgehead atoms. The molecule has 2 aromatic rings. The lowest BCUT2D eigenvalue weighted by Crippen LogP contribution is -2.32. The number of hydrogen-bond donors (Lipinski definition) is 1. The molecule has 1 unspecified atom stereocenters. The molecule has 1 N–H and O–H groups in total. The second-order valence-corrected chi connectivity index (χ2v) is 5.22. The minimum atomic E-state index is 0. The monoisotopic (exact) mass is 303 g/mol. The van der Waals surface area contributed by atoms with Crippen LogP contribution in [0.25, 0.3) is 0 Å². The van der Waals surface area contributed by atoms with Gasteiger partial charge in [0.25, 0.3) is 0 Å². The van der Waals surface area contributed by atoms with Crippen LogP contribution in [0.15, 0.2) is 42.5 Å². The van der Waals surface area contributed by atoms with E-state index in [1.807, 2.05) is 0 Å². The second kappa shape index (κ2) is 6.97. The maximum Gasteiger partial charge on any atom is 0.122 e. The fourth-order valence-electron chi connectivity index (χ4n) is 3.18. The van der Waals surface area contributed by atoms with Crippen LogP contribution in [0.1, 0.15) is 35.2 Å². The molecule has 0 aliphatic carbocycles. The number of benzene rings is 2. The molecule has 1 heterocycles. The van der Waals surface area contributed by atoms with Crippen molar-refractivity contribution in [1.82, 2.24) is 5.32 Å². The molecule has 2 nitrogen and oxygen atoms in total. The van der Waals surface area contributed by atoms with E-state index in [0.717, 1.165) is 25.1 Å². The number of ether oxygens (including phenoxy) is 1. The largest absolute Gasteiger partial charge is 0.496 e. The summed E-state index contributed by atoms with van der Waals surface area (Å²) in [5.74, 6) is 1.03. The number of nitrogens with one attached hydrogen (secondary N) is 1. The van der Waals surface area contributed by atoms with Crippen LogP contribution in [0.3, 0.4) is 0 Å². The van der Waals surface area contributed by atoms with Crippen LogP contribution < -0.4 is 10.1 Å². The van der Waals surface area contributed by atoms with E-state index in [2.05, 4.69) is 54.7 Å². The number of hydrogen-bond acceptors (Lipinski definition) is 2. The summed E-state index contributed by atoms with van der Waals surface area (Å²) in [5, 5.41) is 3.66. The first-order valence-corrected chi connectivity index (χ1v) is 7.32. The Bertz CT molecular complexity index is 598. The van der Waals surface area contributed by atoms with E-state index in [4.69, 9.17) is 4.74 Å². The molecule has 2 aromatic carbocycles. The zero-order chi connectivity index (χ0) is 13.9. The van der Waals surface area contributed by atoms with Gasteiger partial charge < -0.3 is 10.1 Å². The Morgan fingerprint density at radius 2 is 1.90 bits per heavy atom. The minimum Gasteiger partial charge on any atom is -0.496 e. The first kappa shape index (κ1) is 15.9. The van der Waals surface area contributed by atoms with Gasteiger partial charge in [0.2, 0.25) is 0 Å². The maximum absolute atomic E-state index is 5.57. The lowest BCUT2D eigenvalue weighted by atomic mass is 9.85. The van der Waals surface area contributed by atoms with Gasteiger partial charge >= 0.3 is 0 Å². The Morgan fingerprint density at radius 1 is 1.14 bits per heavy atom. The predicted octanol–water partition coefficient (Wildman–Crippen LogP) is 3.91. The van der Waals surface area contributed by atoms with E-state index in [0.29, 0.717) is 0 Å². The van der Waals surface area contributed by atoms with Crippen molar-refractivity contribution in [3.63, 3.8) is 0 Å². The van der Waals surface area contributed by atoms with Crippen molar-refractivity contribution in [3.05, 3.63) is 64.7 Å². The molecule has 112 valence electrons. The molecule has 1 aliphatic heterocycles. The third-order valence-electron chi connectivity index (χ3n) is 4.15. The van der Waals surface area contributed by atoms with Gasteiger partial charge in [0.05, 0.1) is 13.2 Å². The SMILES string of the molecule is CCc1ccc(OC)c2c1C(c1ccccc1)NCC2.Cl. The standard InChI is InChI=1S/C18H21NO.ClH/c1-3-13-9-10-16(20-2)15-11-12-19-18(17(13)15)14-7-5-4-6-8-14;/h4-10,18-19H,3,11-12H2,1-2H3;1H. The highest BCUT2D eigenvalue weighted by molar-refractivity contribution is 5.85. The Balaban J connectivity index is 0.00000161. The summed E-state index contributed by atoms with van der Waals surface area (Å²) >= 11 is 0. The van der Waals surface area contributed by atoms with Gasteiger partial charge in [-0.15, -0.1) is 12.4 Å². The number of aryl methyl sites for hydroxylation is 1. The quantitative estimate of drug-likeness (QED) is 0.928.